The minimum absolute atomic E-state index is 0.139. The summed E-state index contributed by atoms with van der Waals surface area (Å²) >= 11 is 0. The predicted molar refractivity (Wildman–Crippen MR) is 84.9 cm³/mol. The number of carbonyl (C=O) groups is 1. The molecule has 6 heteroatoms. The van der Waals surface area contributed by atoms with Gasteiger partial charge in [-0.25, -0.2) is 9.48 Å². The number of hydrogen-bond acceptors (Lipinski definition) is 4. The first-order valence-electron chi connectivity index (χ1n) is 7.08. The normalized spacial score (nSPS) is 10.6. The average Bonchev–Trinajstić information content (AvgIpc) is 2.58. The van der Waals surface area contributed by atoms with E-state index >= 15 is 0 Å². The number of nitrogens with zero attached hydrogens (tertiary/aromatic N) is 2. The Morgan fingerprint density at radius 1 is 1.04 bits per heavy atom. The van der Waals surface area contributed by atoms with E-state index in [0.717, 1.165) is 4.68 Å². The van der Waals surface area contributed by atoms with Crippen molar-refractivity contribution in [1.82, 2.24) is 9.78 Å². The van der Waals surface area contributed by atoms with Crippen LogP contribution < -0.4 is 10.3 Å². The summed E-state index contributed by atoms with van der Waals surface area (Å²) in [4.78, 5) is 23.8. The predicted octanol–water partition coefficient (Wildman–Crippen LogP) is 2.17. The van der Waals surface area contributed by atoms with Gasteiger partial charge in [0.15, 0.2) is 5.69 Å². The van der Waals surface area contributed by atoms with Gasteiger partial charge < -0.3 is 9.84 Å². The molecule has 1 heterocycles. The number of carboxylic acid groups (broad SMARTS) is 1. The molecule has 0 spiro atoms. The Balaban J connectivity index is 1.90. The molecule has 0 aliphatic carbocycles. The van der Waals surface area contributed by atoms with E-state index in [0.29, 0.717) is 16.5 Å². The molecule has 0 radical (unpaired) electrons. The fourth-order valence-electron chi connectivity index (χ4n) is 2.31. The maximum atomic E-state index is 12.4. The van der Waals surface area contributed by atoms with Gasteiger partial charge in [-0.1, -0.05) is 36.4 Å². The maximum Gasteiger partial charge on any atom is 0.357 e. The first kappa shape index (κ1) is 14.8. The molecule has 6 nitrogen and oxygen atoms in total. The zero-order valence-electron chi connectivity index (χ0n) is 12.2. The number of aromatic carboxylic acids is 1. The van der Waals surface area contributed by atoms with Gasteiger partial charge in [0.05, 0.1) is 11.9 Å². The number of aromatic nitrogens is 2. The van der Waals surface area contributed by atoms with Crippen LogP contribution in [0.5, 0.6) is 5.75 Å². The van der Waals surface area contributed by atoms with Gasteiger partial charge in [0.25, 0.3) is 5.56 Å². The van der Waals surface area contributed by atoms with Crippen LogP contribution in [0.15, 0.2) is 59.4 Å². The number of carboxylic acids is 1. The fourth-order valence-corrected chi connectivity index (χ4v) is 2.31. The molecule has 0 aliphatic heterocycles. The SMILES string of the molecule is O=C(O)c1nn(CCOc2ccccc2)c(=O)c2ccccc12. The van der Waals surface area contributed by atoms with E-state index in [1.54, 1.807) is 36.4 Å². The van der Waals surface area contributed by atoms with Gasteiger partial charge in [-0.3, -0.25) is 4.79 Å². The molecule has 2 aromatic carbocycles. The Bertz CT molecular complexity index is 903. The van der Waals surface area contributed by atoms with Crippen LogP contribution in [0.4, 0.5) is 0 Å². The van der Waals surface area contributed by atoms with Crippen LogP contribution in [0.2, 0.25) is 0 Å². The number of hydrogen-bond donors (Lipinski definition) is 1. The van der Waals surface area contributed by atoms with Crippen molar-refractivity contribution < 1.29 is 14.6 Å². The highest BCUT2D eigenvalue weighted by molar-refractivity contribution is 6.01. The summed E-state index contributed by atoms with van der Waals surface area (Å²) in [5.41, 5.74) is -0.470. The zero-order chi connectivity index (χ0) is 16.2. The molecule has 0 bridgehead atoms. The summed E-state index contributed by atoms with van der Waals surface area (Å²) in [6.07, 6.45) is 0. The van der Waals surface area contributed by atoms with Crippen molar-refractivity contribution in [3.63, 3.8) is 0 Å². The minimum Gasteiger partial charge on any atom is -0.492 e. The van der Waals surface area contributed by atoms with Gasteiger partial charge in [0.1, 0.15) is 12.4 Å². The summed E-state index contributed by atoms with van der Waals surface area (Å²) in [5, 5.41) is 13.9. The van der Waals surface area contributed by atoms with Crippen molar-refractivity contribution in [2.45, 2.75) is 6.54 Å². The van der Waals surface area contributed by atoms with E-state index in [-0.39, 0.29) is 24.4 Å². The lowest BCUT2D eigenvalue weighted by molar-refractivity contribution is 0.0689. The van der Waals surface area contributed by atoms with E-state index < -0.39 is 5.97 Å². The van der Waals surface area contributed by atoms with Crippen molar-refractivity contribution in [3.8, 4) is 5.75 Å². The molecular weight excluding hydrogens is 296 g/mol. The molecule has 0 aliphatic rings. The third kappa shape index (κ3) is 3.06. The summed E-state index contributed by atoms with van der Waals surface area (Å²) in [5.74, 6) is -0.487. The van der Waals surface area contributed by atoms with Crippen molar-refractivity contribution in [3.05, 3.63) is 70.6 Å². The van der Waals surface area contributed by atoms with Crippen LogP contribution in [0.25, 0.3) is 10.8 Å². The Kier molecular flexibility index (Phi) is 4.05. The van der Waals surface area contributed by atoms with E-state index in [4.69, 9.17) is 4.74 Å². The number of para-hydroxylation sites is 1. The van der Waals surface area contributed by atoms with E-state index in [1.807, 2.05) is 18.2 Å². The summed E-state index contributed by atoms with van der Waals surface area (Å²) < 4.78 is 6.66. The third-order valence-corrected chi connectivity index (χ3v) is 3.39. The molecule has 3 rings (SSSR count). The summed E-state index contributed by atoms with van der Waals surface area (Å²) in [6.45, 7) is 0.382. The fraction of sp³-hybridized carbons (Fsp3) is 0.118. The Morgan fingerprint density at radius 2 is 1.70 bits per heavy atom. The van der Waals surface area contributed by atoms with Gasteiger partial charge in [0, 0.05) is 5.39 Å². The number of fused-ring (bicyclic) bond motifs is 1. The standard InChI is InChI=1S/C17H14N2O4/c20-16-14-9-5-4-8-13(14)15(17(21)22)18-19(16)10-11-23-12-6-2-1-3-7-12/h1-9H,10-11H2,(H,21,22). The van der Waals surface area contributed by atoms with E-state index in [2.05, 4.69) is 5.10 Å². The van der Waals surface area contributed by atoms with Gasteiger partial charge >= 0.3 is 5.97 Å². The minimum atomic E-state index is -1.17. The highest BCUT2D eigenvalue weighted by atomic mass is 16.5. The first-order chi connectivity index (χ1) is 11.2. The van der Waals surface area contributed by atoms with Crippen molar-refractivity contribution in [1.29, 1.82) is 0 Å². The molecule has 116 valence electrons. The second kappa shape index (κ2) is 6.31. The Morgan fingerprint density at radius 3 is 2.39 bits per heavy atom. The summed E-state index contributed by atoms with van der Waals surface area (Å²) in [6, 6.07) is 15.7. The van der Waals surface area contributed by atoms with Gasteiger partial charge in [-0.05, 0) is 18.2 Å². The lowest BCUT2D eigenvalue weighted by Crippen LogP contribution is -2.28. The van der Waals surface area contributed by atoms with Crippen LogP contribution in [0, 0.1) is 0 Å². The zero-order valence-corrected chi connectivity index (χ0v) is 12.2. The molecule has 0 saturated heterocycles. The molecule has 0 unspecified atom stereocenters. The smallest absolute Gasteiger partial charge is 0.357 e. The second-order valence-corrected chi connectivity index (χ2v) is 4.89. The van der Waals surface area contributed by atoms with Crippen molar-refractivity contribution >= 4 is 16.7 Å². The van der Waals surface area contributed by atoms with E-state index in [9.17, 15) is 14.7 Å². The molecule has 1 N–H and O–H groups in total. The average molecular weight is 310 g/mol. The largest absolute Gasteiger partial charge is 0.492 e. The van der Waals surface area contributed by atoms with Crippen LogP contribution in [0.1, 0.15) is 10.5 Å². The Labute approximate surface area is 131 Å². The van der Waals surface area contributed by atoms with Crippen LogP contribution >= 0.6 is 0 Å². The summed E-state index contributed by atoms with van der Waals surface area (Å²) in [7, 11) is 0. The second-order valence-electron chi connectivity index (χ2n) is 4.89. The van der Waals surface area contributed by atoms with Gasteiger partial charge in [-0.2, -0.15) is 5.10 Å². The van der Waals surface area contributed by atoms with Crippen molar-refractivity contribution in [2.75, 3.05) is 6.61 Å². The highest BCUT2D eigenvalue weighted by Gasteiger charge is 2.15. The molecule has 0 amide bonds. The molecule has 0 saturated carbocycles. The molecule has 1 aromatic heterocycles. The molecule has 3 aromatic rings. The monoisotopic (exact) mass is 310 g/mol. The van der Waals surface area contributed by atoms with Crippen LogP contribution in [-0.4, -0.2) is 27.5 Å². The lowest BCUT2D eigenvalue weighted by Gasteiger charge is -2.10. The van der Waals surface area contributed by atoms with Gasteiger partial charge in [0.2, 0.25) is 0 Å². The first-order valence-corrected chi connectivity index (χ1v) is 7.08. The molecule has 0 atom stereocenters. The number of ether oxygens (including phenoxy) is 1. The number of benzene rings is 2. The number of rotatable bonds is 5. The van der Waals surface area contributed by atoms with E-state index in [1.165, 1.54) is 0 Å². The van der Waals surface area contributed by atoms with Gasteiger partial charge in [-0.15, -0.1) is 0 Å². The molecule has 0 fully saturated rings. The third-order valence-electron chi connectivity index (χ3n) is 3.39. The Hall–Kier alpha value is -3.15. The van der Waals surface area contributed by atoms with Crippen LogP contribution in [-0.2, 0) is 6.54 Å². The van der Waals surface area contributed by atoms with Crippen molar-refractivity contribution in [2.24, 2.45) is 0 Å². The van der Waals surface area contributed by atoms with Crippen LogP contribution in [0.3, 0.4) is 0 Å². The molecule has 23 heavy (non-hydrogen) atoms. The quantitative estimate of drug-likeness (QED) is 0.781. The highest BCUT2D eigenvalue weighted by Crippen LogP contribution is 2.13. The molecular formula is C17H14N2O4. The topological polar surface area (TPSA) is 81.4 Å². The maximum absolute atomic E-state index is 12.4. The lowest BCUT2D eigenvalue weighted by atomic mass is 10.1.